The van der Waals surface area contributed by atoms with Gasteiger partial charge < -0.3 is 20.8 Å². The summed E-state index contributed by atoms with van der Waals surface area (Å²) >= 11 is 0. The van der Waals surface area contributed by atoms with Gasteiger partial charge in [0.05, 0.1) is 16.0 Å². The maximum atomic E-state index is 11.2. The zero-order chi connectivity index (χ0) is 26.4. The molecule has 37 heavy (non-hydrogen) atoms. The highest BCUT2D eigenvalue weighted by atomic mass is 16.6. The summed E-state index contributed by atoms with van der Waals surface area (Å²) in [7, 11) is 0. The summed E-state index contributed by atoms with van der Waals surface area (Å²) in [4.78, 5) is 41.6. The second-order valence-corrected chi connectivity index (χ2v) is 7.70. The molecule has 0 fully saturated rings. The van der Waals surface area contributed by atoms with Gasteiger partial charge in [-0.1, -0.05) is 24.3 Å². The van der Waals surface area contributed by atoms with Crippen LogP contribution < -0.4 is 10.6 Å². The highest BCUT2D eigenvalue weighted by Crippen LogP contribution is 2.30. The molecule has 0 aliphatic rings. The van der Waals surface area contributed by atoms with Crippen LogP contribution >= 0.6 is 0 Å². The molecule has 3 aromatic carbocycles. The van der Waals surface area contributed by atoms with Crippen LogP contribution in [0.5, 0.6) is 0 Å². The number of nitrogens with one attached hydrogen (secondary N) is 2. The van der Waals surface area contributed by atoms with Gasteiger partial charge in [0.1, 0.15) is 0 Å². The Hall–Kier alpha value is -5.58. The first-order valence-electron chi connectivity index (χ1n) is 10.8. The number of hydrogen-bond acceptors (Lipinski definition) is 8. The molecule has 0 radical (unpaired) electrons. The number of carbonyl (C=O) groups is 2. The van der Waals surface area contributed by atoms with Gasteiger partial charge in [-0.3, -0.25) is 10.1 Å². The lowest BCUT2D eigenvalue weighted by Crippen LogP contribution is -2.04. The van der Waals surface area contributed by atoms with Crippen molar-refractivity contribution in [2.75, 3.05) is 10.6 Å². The van der Waals surface area contributed by atoms with Crippen LogP contribution in [0.3, 0.4) is 0 Å². The number of non-ortho nitro benzene ring substituents is 1. The van der Waals surface area contributed by atoms with Crippen LogP contribution in [0, 0.1) is 10.1 Å². The lowest BCUT2D eigenvalue weighted by molar-refractivity contribution is -0.384. The monoisotopic (exact) mass is 497 g/mol. The van der Waals surface area contributed by atoms with Crippen molar-refractivity contribution in [3.8, 4) is 0 Å². The molecule has 0 saturated heterocycles. The van der Waals surface area contributed by atoms with Gasteiger partial charge in [0, 0.05) is 35.7 Å². The molecule has 1 aromatic heterocycles. The Morgan fingerprint density at radius 3 is 1.76 bits per heavy atom. The number of benzene rings is 3. The van der Waals surface area contributed by atoms with Gasteiger partial charge in [-0.05, 0) is 53.6 Å². The number of nitro benzene ring substituents is 1. The van der Waals surface area contributed by atoms with Gasteiger partial charge in [0.25, 0.3) is 5.69 Å². The van der Waals surface area contributed by atoms with E-state index in [9.17, 15) is 19.7 Å². The van der Waals surface area contributed by atoms with Crippen LogP contribution in [0.2, 0.25) is 0 Å². The van der Waals surface area contributed by atoms with Crippen LogP contribution in [0.25, 0.3) is 23.2 Å². The number of rotatable bonds is 9. The highest BCUT2D eigenvalue weighted by Gasteiger charge is 2.14. The Balaban J connectivity index is 1.75. The molecule has 11 nitrogen and oxygen atoms in total. The summed E-state index contributed by atoms with van der Waals surface area (Å²) in [5, 5.41) is 35.3. The van der Waals surface area contributed by atoms with E-state index in [-0.39, 0.29) is 11.5 Å². The molecule has 0 spiro atoms. The average molecular weight is 497 g/mol. The molecule has 4 N–H and O–H groups in total. The molecule has 0 atom stereocenters. The maximum Gasteiger partial charge on any atom is 0.328 e. The normalized spacial score (nSPS) is 11.1. The summed E-state index contributed by atoms with van der Waals surface area (Å²) in [5.74, 6) is -1.57. The Kier molecular flexibility index (Phi) is 7.15. The van der Waals surface area contributed by atoms with Gasteiger partial charge in [-0.25, -0.2) is 19.6 Å². The number of anilines is 4. The zero-order valence-electron chi connectivity index (χ0n) is 19.0. The van der Waals surface area contributed by atoms with E-state index < -0.39 is 16.9 Å². The summed E-state index contributed by atoms with van der Waals surface area (Å²) in [5.41, 5.74) is 3.03. The van der Waals surface area contributed by atoms with Crippen molar-refractivity contribution in [1.82, 2.24) is 9.97 Å². The maximum absolute atomic E-state index is 11.2. The number of aromatic nitrogens is 2. The fourth-order valence-electron chi connectivity index (χ4n) is 3.38. The molecule has 4 aromatic rings. The van der Waals surface area contributed by atoms with E-state index in [1.165, 1.54) is 30.4 Å². The quantitative estimate of drug-likeness (QED) is 0.137. The minimum Gasteiger partial charge on any atom is -0.478 e. The van der Waals surface area contributed by atoms with E-state index in [1.54, 1.807) is 48.5 Å². The Morgan fingerprint density at radius 1 is 0.757 bits per heavy atom. The number of fused-ring (bicyclic) bond motifs is 1. The topological polar surface area (TPSA) is 168 Å². The van der Waals surface area contributed by atoms with Crippen molar-refractivity contribution >= 4 is 63.8 Å². The van der Waals surface area contributed by atoms with Gasteiger partial charge in [0.2, 0.25) is 0 Å². The van der Waals surface area contributed by atoms with Gasteiger partial charge in [-0.15, -0.1) is 0 Å². The van der Waals surface area contributed by atoms with E-state index >= 15 is 0 Å². The molecule has 0 unspecified atom stereocenters. The van der Waals surface area contributed by atoms with Crippen molar-refractivity contribution in [2.45, 2.75) is 0 Å². The molecular formula is C26H19N5O6. The van der Waals surface area contributed by atoms with Crippen LogP contribution in [0.15, 0.2) is 78.9 Å². The first-order chi connectivity index (χ1) is 17.8. The number of nitro groups is 1. The molecule has 0 saturated carbocycles. The molecule has 0 amide bonds. The summed E-state index contributed by atoms with van der Waals surface area (Å²) < 4.78 is 0. The highest BCUT2D eigenvalue weighted by molar-refractivity contribution is 5.87. The van der Waals surface area contributed by atoms with Crippen molar-refractivity contribution in [3.05, 3.63) is 100 Å². The second kappa shape index (κ2) is 10.8. The number of hydrogen-bond donors (Lipinski definition) is 4. The smallest absolute Gasteiger partial charge is 0.328 e. The molecule has 184 valence electrons. The van der Waals surface area contributed by atoms with Crippen LogP contribution in [-0.4, -0.2) is 37.0 Å². The number of carboxylic acid groups (broad SMARTS) is 2. The number of carboxylic acids is 2. The fraction of sp³-hybridized carbons (Fsp3) is 0. The minimum atomic E-state index is -1.08. The summed E-state index contributed by atoms with van der Waals surface area (Å²) in [6, 6.07) is 18.0. The van der Waals surface area contributed by atoms with E-state index in [0.29, 0.717) is 39.4 Å². The third-order valence-corrected chi connectivity index (χ3v) is 4.99. The van der Waals surface area contributed by atoms with E-state index in [2.05, 4.69) is 20.6 Å². The van der Waals surface area contributed by atoms with Gasteiger partial charge in [0.15, 0.2) is 11.6 Å². The fourth-order valence-corrected chi connectivity index (χ4v) is 3.38. The van der Waals surface area contributed by atoms with E-state index in [1.807, 2.05) is 0 Å². The Bertz CT molecular complexity index is 1580. The molecule has 4 rings (SSSR count). The van der Waals surface area contributed by atoms with Crippen molar-refractivity contribution < 1.29 is 24.7 Å². The largest absolute Gasteiger partial charge is 0.478 e. The van der Waals surface area contributed by atoms with Gasteiger partial charge >= 0.3 is 11.9 Å². The molecule has 1 heterocycles. The molecular weight excluding hydrogens is 478 g/mol. The lowest BCUT2D eigenvalue weighted by atomic mass is 10.2. The predicted octanol–water partition coefficient (Wildman–Crippen LogP) is 5.22. The molecule has 0 aliphatic heterocycles. The molecule has 0 aliphatic carbocycles. The first-order valence-corrected chi connectivity index (χ1v) is 10.8. The summed E-state index contributed by atoms with van der Waals surface area (Å²) in [6.45, 7) is 0. The molecule has 0 bridgehead atoms. The predicted molar refractivity (Wildman–Crippen MR) is 139 cm³/mol. The number of aliphatic carboxylic acids is 2. The van der Waals surface area contributed by atoms with Gasteiger partial charge in [-0.2, -0.15) is 0 Å². The Labute approximate surface area is 209 Å². The lowest BCUT2D eigenvalue weighted by Gasteiger charge is -2.14. The second-order valence-electron chi connectivity index (χ2n) is 7.70. The molecule has 11 heteroatoms. The van der Waals surface area contributed by atoms with Crippen LogP contribution in [-0.2, 0) is 9.59 Å². The Morgan fingerprint density at radius 2 is 1.27 bits per heavy atom. The zero-order valence-corrected chi connectivity index (χ0v) is 19.0. The third kappa shape index (κ3) is 6.51. The first kappa shape index (κ1) is 24.5. The SMILES string of the molecule is O=C(O)/C=C\c1cccc(Nc2nc3cc([N+](=O)[O-])ccc3nc2Nc2cccc(/C=C/C(=O)O)c2)c1. The average Bonchev–Trinajstić information content (AvgIpc) is 2.86. The third-order valence-electron chi connectivity index (χ3n) is 4.99. The standard InChI is InChI=1S/C26H19N5O6/c32-23(33)11-7-16-3-1-5-18(13-16)27-25-26(28-19-6-2-4-17(14-19)8-12-24(34)35)30-22-15-20(31(36)37)9-10-21(22)29-25/h1-15H,(H,27,29)(H,28,30)(H,32,33)(H,34,35)/b11-7+,12-8-. The van der Waals surface area contributed by atoms with E-state index in [0.717, 1.165) is 12.2 Å². The number of nitrogens with zero attached hydrogens (tertiary/aromatic N) is 3. The minimum absolute atomic E-state index is 0.132. The van der Waals surface area contributed by atoms with Crippen LogP contribution in [0.4, 0.5) is 28.7 Å². The van der Waals surface area contributed by atoms with Crippen molar-refractivity contribution in [2.24, 2.45) is 0 Å². The van der Waals surface area contributed by atoms with E-state index in [4.69, 9.17) is 10.2 Å². The summed E-state index contributed by atoms with van der Waals surface area (Å²) in [6.07, 6.45) is 4.94. The van der Waals surface area contributed by atoms with Crippen molar-refractivity contribution in [3.63, 3.8) is 0 Å². The van der Waals surface area contributed by atoms with Crippen LogP contribution in [0.1, 0.15) is 11.1 Å². The van der Waals surface area contributed by atoms with Crippen molar-refractivity contribution in [1.29, 1.82) is 0 Å².